The van der Waals surface area contributed by atoms with Crippen molar-refractivity contribution in [1.82, 2.24) is 10.0 Å². The zero-order valence-corrected chi connectivity index (χ0v) is 15.1. The summed E-state index contributed by atoms with van der Waals surface area (Å²) < 4.78 is 26.1. The summed E-state index contributed by atoms with van der Waals surface area (Å²) in [6.07, 6.45) is 0. The Labute approximate surface area is 143 Å². The zero-order chi connectivity index (χ0) is 17.9. The van der Waals surface area contributed by atoms with E-state index < -0.39 is 10.0 Å². The molecule has 6 heteroatoms. The number of rotatable bonds is 5. The number of aryl methyl sites for hydroxylation is 2. The van der Waals surface area contributed by atoms with Crippen molar-refractivity contribution in [2.45, 2.75) is 31.7 Å². The number of hydrogen-bond acceptors (Lipinski definition) is 3. The van der Waals surface area contributed by atoms with Crippen molar-refractivity contribution in [2.75, 3.05) is 7.05 Å². The first-order chi connectivity index (χ1) is 11.3. The Morgan fingerprint density at radius 2 is 1.71 bits per heavy atom. The fourth-order valence-corrected chi connectivity index (χ4v) is 3.31. The molecule has 2 N–H and O–H groups in total. The molecule has 2 aromatic carbocycles. The fraction of sp³-hybridized carbons (Fsp3) is 0.278. The lowest BCUT2D eigenvalue weighted by Crippen LogP contribution is -2.28. The maximum atomic E-state index is 12.6. The molecule has 2 aromatic rings. The van der Waals surface area contributed by atoms with Gasteiger partial charge in [0.15, 0.2) is 0 Å². The van der Waals surface area contributed by atoms with Gasteiger partial charge in [0.05, 0.1) is 10.9 Å². The van der Waals surface area contributed by atoms with Gasteiger partial charge in [-0.1, -0.05) is 30.3 Å². The Morgan fingerprint density at radius 1 is 1.04 bits per heavy atom. The first-order valence-electron chi connectivity index (χ1n) is 7.67. The van der Waals surface area contributed by atoms with E-state index in [9.17, 15) is 13.2 Å². The Hall–Kier alpha value is -2.18. The van der Waals surface area contributed by atoms with Crippen LogP contribution in [0.15, 0.2) is 47.4 Å². The molecule has 0 aliphatic heterocycles. The molecule has 0 saturated heterocycles. The Balaban J connectivity index is 2.30. The average Bonchev–Trinajstić information content (AvgIpc) is 2.55. The molecule has 5 nitrogen and oxygen atoms in total. The van der Waals surface area contributed by atoms with Gasteiger partial charge in [-0.2, -0.15) is 0 Å². The van der Waals surface area contributed by atoms with E-state index in [1.165, 1.54) is 19.2 Å². The molecule has 0 fully saturated rings. The monoisotopic (exact) mass is 346 g/mol. The minimum Gasteiger partial charge on any atom is -0.345 e. The summed E-state index contributed by atoms with van der Waals surface area (Å²) in [6, 6.07) is 12.2. The minimum absolute atomic E-state index is 0.0734. The van der Waals surface area contributed by atoms with Gasteiger partial charge < -0.3 is 5.32 Å². The van der Waals surface area contributed by atoms with Gasteiger partial charge in [0.1, 0.15) is 0 Å². The molecule has 0 spiro atoms. The normalized spacial score (nSPS) is 12.7. The first kappa shape index (κ1) is 18.2. The van der Waals surface area contributed by atoms with Crippen molar-refractivity contribution < 1.29 is 13.2 Å². The van der Waals surface area contributed by atoms with Crippen LogP contribution in [0, 0.1) is 13.8 Å². The van der Waals surface area contributed by atoms with E-state index in [1.54, 1.807) is 13.0 Å². The molecule has 128 valence electrons. The third-order valence-electron chi connectivity index (χ3n) is 4.04. The quantitative estimate of drug-likeness (QED) is 0.874. The van der Waals surface area contributed by atoms with Gasteiger partial charge in [0.25, 0.3) is 5.91 Å². The molecular weight excluding hydrogens is 324 g/mol. The molecule has 0 bridgehead atoms. The molecular formula is C18H22N2O3S. The molecule has 0 aromatic heterocycles. The van der Waals surface area contributed by atoms with Gasteiger partial charge in [-0.25, -0.2) is 13.1 Å². The second kappa shape index (κ2) is 7.15. The molecule has 1 unspecified atom stereocenters. The standard InChI is InChI=1S/C18H22N2O3S/c1-12-7-5-6-8-16(12)14(3)20-18(21)17-11-15(10-9-13(17)2)24(22,23)19-4/h5-11,14,19H,1-4H3,(H,20,21). The third kappa shape index (κ3) is 3.83. The van der Waals surface area contributed by atoms with Crippen LogP contribution >= 0.6 is 0 Å². The van der Waals surface area contributed by atoms with Crippen molar-refractivity contribution in [3.8, 4) is 0 Å². The van der Waals surface area contributed by atoms with Crippen LogP contribution in [-0.4, -0.2) is 21.4 Å². The summed E-state index contributed by atoms with van der Waals surface area (Å²) in [7, 11) is -2.25. The molecule has 2 rings (SSSR count). The molecule has 1 amide bonds. The molecule has 0 radical (unpaired) electrons. The summed E-state index contributed by atoms with van der Waals surface area (Å²) in [5.41, 5.74) is 3.20. The SMILES string of the molecule is CNS(=O)(=O)c1ccc(C)c(C(=O)NC(C)c2ccccc2C)c1. The second-order valence-corrected chi connectivity index (χ2v) is 7.62. The summed E-state index contributed by atoms with van der Waals surface area (Å²) >= 11 is 0. The predicted molar refractivity (Wildman–Crippen MR) is 94.5 cm³/mol. The zero-order valence-electron chi connectivity index (χ0n) is 14.3. The maximum absolute atomic E-state index is 12.6. The lowest BCUT2D eigenvalue weighted by Gasteiger charge is -2.17. The summed E-state index contributed by atoms with van der Waals surface area (Å²) in [4.78, 5) is 12.7. The van der Waals surface area contributed by atoms with Crippen molar-refractivity contribution in [1.29, 1.82) is 0 Å². The molecule has 0 aliphatic rings. The lowest BCUT2D eigenvalue weighted by molar-refractivity contribution is 0.0939. The highest BCUT2D eigenvalue weighted by atomic mass is 32.2. The number of amides is 1. The minimum atomic E-state index is -3.59. The van der Waals surface area contributed by atoms with Gasteiger partial charge in [0, 0.05) is 5.56 Å². The van der Waals surface area contributed by atoms with Gasteiger partial charge >= 0.3 is 0 Å². The van der Waals surface area contributed by atoms with E-state index in [0.717, 1.165) is 16.7 Å². The summed E-state index contributed by atoms with van der Waals surface area (Å²) in [5.74, 6) is -0.295. The van der Waals surface area contributed by atoms with Gasteiger partial charge in [0.2, 0.25) is 10.0 Å². The van der Waals surface area contributed by atoms with Crippen LogP contribution in [-0.2, 0) is 10.0 Å². The Morgan fingerprint density at radius 3 is 2.33 bits per heavy atom. The van der Waals surface area contributed by atoms with Crippen molar-refractivity contribution >= 4 is 15.9 Å². The number of benzene rings is 2. The average molecular weight is 346 g/mol. The topological polar surface area (TPSA) is 75.3 Å². The lowest BCUT2D eigenvalue weighted by atomic mass is 10.0. The number of hydrogen-bond donors (Lipinski definition) is 2. The van der Waals surface area contributed by atoms with Crippen LogP contribution in [0.25, 0.3) is 0 Å². The van der Waals surface area contributed by atoms with Crippen LogP contribution in [0.2, 0.25) is 0 Å². The summed E-state index contributed by atoms with van der Waals surface area (Å²) in [6.45, 7) is 5.68. The number of carbonyl (C=O) groups is 1. The van der Waals surface area contributed by atoms with E-state index in [4.69, 9.17) is 0 Å². The van der Waals surface area contributed by atoms with Crippen LogP contribution in [0.1, 0.15) is 40.0 Å². The van der Waals surface area contributed by atoms with Crippen LogP contribution in [0.5, 0.6) is 0 Å². The van der Waals surface area contributed by atoms with Crippen LogP contribution in [0.3, 0.4) is 0 Å². The van der Waals surface area contributed by atoms with Crippen molar-refractivity contribution in [3.05, 3.63) is 64.7 Å². The maximum Gasteiger partial charge on any atom is 0.252 e. The van der Waals surface area contributed by atoms with Crippen molar-refractivity contribution in [2.24, 2.45) is 0 Å². The fourth-order valence-electron chi connectivity index (χ4n) is 2.56. The first-order valence-corrected chi connectivity index (χ1v) is 9.15. The van der Waals surface area contributed by atoms with E-state index in [2.05, 4.69) is 10.0 Å². The van der Waals surface area contributed by atoms with Crippen LogP contribution < -0.4 is 10.0 Å². The van der Waals surface area contributed by atoms with Gasteiger partial charge in [-0.15, -0.1) is 0 Å². The second-order valence-electron chi connectivity index (χ2n) is 5.74. The largest absolute Gasteiger partial charge is 0.345 e. The number of carbonyl (C=O) groups excluding carboxylic acids is 1. The molecule has 24 heavy (non-hydrogen) atoms. The third-order valence-corrected chi connectivity index (χ3v) is 5.45. The molecule has 0 heterocycles. The van der Waals surface area contributed by atoms with Crippen LogP contribution in [0.4, 0.5) is 0 Å². The van der Waals surface area contributed by atoms with Crippen molar-refractivity contribution in [3.63, 3.8) is 0 Å². The Kier molecular flexibility index (Phi) is 5.41. The van der Waals surface area contributed by atoms with Gasteiger partial charge in [-0.05, 0) is 56.6 Å². The molecule has 0 aliphatic carbocycles. The van der Waals surface area contributed by atoms with Gasteiger partial charge in [-0.3, -0.25) is 4.79 Å². The highest BCUT2D eigenvalue weighted by Crippen LogP contribution is 2.19. The highest BCUT2D eigenvalue weighted by Gasteiger charge is 2.18. The Bertz CT molecular complexity index is 860. The number of nitrogens with one attached hydrogen (secondary N) is 2. The smallest absolute Gasteiger partial charge is 0.252 e. The van der Waals surface area contributed by atoms with E-state index >= 15 is 0 Å². The molecule has 0 saturated carbocycles. The highest BCUT2D eigenvalue weighted by molar-refractivity contribution is 7.89. The summed E-state index contributed by atoms with van der Waals surface area (Å²) in [5, 5.41) is 2.94. The van der Waals surface area contributed by atoms with E-state index in [-0.39, 0.29) is 16.8 Å². The predicted octanol–water partition coefficient (Wildman–Crippen LogP) is 2.70. The van der Waals surface area contributed by atoms with E-state index in [0.29, 0.717) is 5.56 Å². The van der Waals surface area contributed by atoms with E-state index in [1.807, 2.05) is 38.1 Å². The number of sulfonamides is 1. The molecule has 1 atom stereocenters.